The molecular weight excluding hydrogens is 228 g/mol. The number of hydrogen-bond donors (Lipinski definition) is 2. The van der Waals surface area contributed by atoms with Gasteiger partial charge in [-0.25, -0.2) is 0 Å². The van der Waals surface area contributed by atoms with Crippen molar-refractivity contribution in [3.63, 3.8) is 0 Å². The Bertz CT molecular complexity index is 569. The molecule has 2 bridgehead atoms. The first-order valence-electron chi connectivity index (χ1n) is 6.41. The molecule has 1 amide bonds. The lowest BCUT2D eigenvalue weighted by molar-refractivity contribution is -0.122. The Balaban J connectivity index is 1.89. The van der Waals surface area contributed by atoms with Crippen LogP contribution in [-0.4, -0.2) is 23.8 Å². The molecule has 1 aromatic carbocycles. The van der Waals surface area contributed by atoms with E-state index in [1.807, 2.05) is 24.3 Å². The molecule has 2 fully saturated rings. The Kier molecular flexibility index (Phi) is 1.83. The molecule has 3 aliphatic heterocycles. The molecule has 3 aliphatic rings. The standard InChI is InChI=1S/C14H14N2O2/c17-11-5-6-12-14(7-10(11)15-12)8-3-1-2-4-9(8)16-13(14)18/h1-4,10,12,15H,5-7H2,(H,16,18)/t10-,12-,14-/m0/s1. The molecule has 92 valence electrons. The highest BCUT2D eigenvalue weighted by Crippen LogP contribution is 2.49. The maximum atomic E-state index is 12.4. The van der Waals surface area contributed by atoms with Crippen molar-refractivity contribution in [2.24, 2.45) is 0 Å². The van der Waals surface area contributed by atoms with E-state index >= 15 is 0 Å². The van der Waals surface area contributed by atoms with Gasteiger partial charge < -0.3 is 10.6 Å². The van der Waals surface area contributed by atoms with E-state index in [-0.39, 0.29) is 23.8 Å². The molecule has 3 heterocycles. The maximum absolute atomic E-state index is 12.4. The van der Waals surface area contributed by atoms with Gasteiger partial charge in [0.2, 0.25) is 5.91 Å². The minimum Gasteiger partial charge on any atom is -0.325 e. The van der Waals surface area contributed by atoms with Gasteiger partial charge >= 0.3 is 0 Å². The summed E-state index contributed by atoms with van der Waals surface area (Å²) in [6.45, 7) is 0. The number of fused-ring (bicyclic) bond motifs is 5. The van der Waals surface area contributed by atoms with Crippen molar-refractivity contribution in [2.45, 2.75) is 36.8 Å². The number of carbonyl (C=O) groups is 2. The SMILES string of the molecule is O=C1CC[C@@H]2N[C@H]1C[C@@]21C(=O)Nc2ccccc21. The third kappa shape index (κ3) is 1.04. The Morgan fingerprint density at radius 2 is 2.06 bits per heavy atom. The largest absolute Gasteiger partial charge is 0.325 e. The molecule has 4 nitrogen and oxygen atoms in total. The average molecular weight is 242 g/mol. The van der Waals surface area contributed by atoms with Crippen LogP contribution >= 0.6 is 0 Å². The monoisotopic (exact) mass is 242 g/mol. The fourth-order valence-corrected chi connectivity index (χ4v) is 3.79. The van der Waals surface area contributed by atoms with E-state index in [4.69, 9.17) is 0 Å². The van der Waals surface area contributed by atoms with Crippen LogP contribution in [0.25, 0.3) is 0 Å². The molecule has 0 radical (unpaired) electrons. The molecule has 1 aromatic rings. The summed E-state index contributed by atoms with van der Waals surface area (Å²) in [5.74, 6) is 0.304. The fourth-order valence-electron chi connectivity index (χ4n) is 3.79. The van der Waals surface area contributed by atoms with Crippen LogP contribution in [0.4, 0.5) is 5.69 Å². The van der Waals surface area contributed by atoms with Crippen LogP contribution in [-0.2, 0) is 15.0 Å². The van der Waals surface area contributed by atoms with E-state index in [2.05, 4.69) is 10.6 Å². The summed E-state index contributed by atoms with van der Waals surface area (Å²) in [5.41, 5.74) is 1.45. The molecule has 0 aliphatic carbocycles. The van der Waals surface area contributed by atoms with Crippen LogP contribution in [0.15, 0.2) is 24.3 Å². The van der Waals surface area contributed by atoms with Crippen molar-refractivity contribution in [2.75, 3.05) is 5.32 Å². The number of hydrogen-bond acceptors (Lipinski definition) is 3. The van der Waals surface area contributed by atoms with Crippen LogP contribution < -0.4 is 10.6 Å². The van der Waals surface area contributed by atoms with Gasteiger partial charge in [0.1, 0.15) is 5.78 Å². The highest BCUT2D eigenvalue weighted by Gasteiger charge is 2.59. The number of benzene rings is 1. The normalized spacial score (nSPS) is 36.9. The first-order chi connectivity index (χ1) is 8.72. The molecule has 0 unspecified atom stereocenters. The summed E-state index contributed by atoms with van der Waals surface area (Å²) in [6.07, 6.45) is 1.97. The lowest BCUT2D eigenvalue weighted by Crippen LogP contribution is -2.48. The molecule has 18 heavy (non-hydrogen) atoms. The van der Waals surface area contributed by atoms with E-state index in [9.17, 15) is 9.59 Å². The van der Waals surface area contributed by atoms with Crippen molar-refractivity contribution < 1.29 is 9.59 Å². The molecule has 4 heteroatoms. The predicted molar refractivity (Wildman–Crippen MR) is 66.3 cm³/mol. The van der Waals surface area contributed by atoms with Gasteiger partial charge in [-0.3, -0.25) is 9.59 Å². The molecule has 0 aromatic heterocycles. The summed E-state index contributed by atoms with van der Waals surface area (Å²) in [6, 6.07) is 7.80. The second kappa shape index (κ2) is 3.20. The summed E-state index contributed by atoms with van der Waals surface area (Å²) in [4.78, 5) is 24.3. The van der Waals surface area contributed by atoms with Crippen molar-refractivity contribution in [1.82, 2.24) is 5.32 Å². The van der Waals surface area contributed by atoms with Gasteiger partial charge in [0.25, 0.3) is 0 Å². The molecule has 2 saturated heterocycles. The highest BCUT2D eigenvalue weighted by atomic mass is 16.2. The topological polar surface area (TPSA) is 58.2 Å². The predicted octanol–water partition coefficient (Wildman–Crippen LogP) is 0.970. The molecule has 2 N–H and O–H groups in total. The van der Waals surface area contributed by atoms with Crippen molar-refractivity contribution in [3.05, 3.63) is 29.8 Å². The summed E-state index contributed by atoms with van der Waals surface area (Å²) in [5, 5.41) is 6.30. The number of piperidine rings is 1. The zero-order valence-corrected chi connectivity index (χ0v) is 9.90. The number of Topliss-reactive ketones (excluding diaryl/α,β-unsaturated/α-hetero) is 1. The van der Waals surface area contributed by atoms with Crippen LogP contribution in [0.2, 0.25) is 0 Å². The maximum Gasteiger partial charge on any atom is 0.236 e. The van der Waals surface area contributed by atoms with E-state index in [0.29, 0.717) is 12.8 Å². The number of amides is 1. The molecule has 0 saturated carbocycles. The lowest BCUT2D eigenvalue weighted by atomic mass is 9.74. The van der Waals surface area contributed by atoms with E-state index in [0.717, 1.165) is 17.7 Å². The number of carbonyl (C=O) groups excluding carboxylic acids is 2. The molecule has 3 atom stereocenters. The number of rotatable bonds is 0. The zero-order valence-electron chi connectivity index (χ0n) is 9.90. The minimum atomic E-state index is -0.520. The Labute approximate surface area is 105 Å². The van der Waals surface area contributed by atoms with Crippen LogP contribution in [0.3, 0.4) is 0 Å². The van der Waals surface area contributed by atoms with E-state index in [1.165, 1.54) is 0 Å². The second-order valence-electron chi connectivity index (χ2n) is 5.45. The van der Waals surface area contributed by atoms with Gasteiger partial charge in [-0.1, -0.05) is 18.2 Å². The van der Waals surface area contributed by atoms with E-state index in [1.54, 1.807) is 0 Å². The first kappa shape index (κ1) is 10.3. The van der Waals surface area contributed by atoms with Gasteiger partial charge in [-0.15, -0.1) is 0 Å². The van der Waals surface area contributed by atoms with Crippen molar-refractivity contribution >= 4 is 17.4 Å². The third-order valence-corrected chi connectivity index (χ3v) is 4.65. The Morgan fingerprint density at radius 3 is 2.89 bits per heavy atom. The minimum absolute atomic E-state index is 0.0541. The van der Waals surface area contributed by atoms with Gasteiger partial charge in [-0.05, 0) is 24.5 Å². The smallest absolute Gasteiger partial charge is 0.236 e. The quantitative estimate of drug-likeness (QED) is 0.712. The highest BCUT2D eigenvalue weighted by molar-refractivity contribution is 6.08. The van der Waals surface area contributed by atoms with Crippen LogP contribution in [0.1, 0.15) is 24.8 Å². The van der Waals surface area contributed by atoms with Crippen LogP contribution in [0.5, 0.6) is 0 Å². The third-order valence-electron chi connectivity index (χ3n) is 4.65. The summed E-state index contributed by atoms with van der Waals surface area (Å²) in [7, 11) is 0. The van der Waals surface area contributed by atoms with Gasteiger partial charge in [-0.2, -0.15) is 0 Å². The van der Waals surface area contributed by atoms with E-state index < -0.39 is 5.41 Å². The van der Waals surface area contributed by atoms with Gasteiger partial charge in [0.05, 0.1) is 11.5 Å². The van der Waals surface area contributed by atoms with Crippen molar-refractivity contribution in [1.29, 1.82) is 0 Å². The number of nitrogens with one attached hydrogen (secondary N) is 2. The average Bonchev–Trinajstić information content (AvgIpc) is 2.85. The number of anilines is 1. The number of para-hydroxylation sites is 1. The first-order valence-corrected chi connectivity index (χ1v) is 6.41. The van der Waals surface area contributed by atoms with Gasteiger partial charge in [0.15, 0.2) is 0 Å². The molecule has 1 spiro atoms. The Morgan fingerprint density at radius 1 is 1.22 bits per heavy atom. The fraction of sp³-hybridized carbons (Fsp3) is 0.429. The zero-order chi connectivity index (χ0) is 12.3. The number of ketones is 1. The second-order valence-corrected chi connectivity index (χ2v) is 5.45. The van der Waals surface area contributed by atoms with Crippen molar-refractivity contribution in [3.8, 4) is 0 Å². The van der Waals surface area contributed by atoms with Gasteiger partial charge in [0, 0.05) is 18.2 Å². The summed E-state index contributed by atoms with van der Waals surface area (Å²) >= 11 is 0. The summed E-state index contributed by atoms with van der Waals surface area (Å²) < 4.78 is 0. The lowest BCUT2D eigenvalue weighted by Gasteiger charge is -2.29. The molecular formula is C14H14N2O2. The molecule has 4 rings (SSSR count). The Hall–Kier alpha value is -1.68. The van der Waals surface area contributed by atoms with Crippen LogP contribution in [0, 0.1) is 0 Å².